The quantitative estimate of drug-likeness (QED) is 0.454. The molecule has 0 spiro atoms. The van der Waals surface area contributed by atoms with Crippen LogP contribution >= 0.6 is 0 Å². The highest BCUT2D eigenvalue weighted by atomic mass is 16.6. The third kappa shape index (κ3) is 3.62. The molecule has 1 aliphatic rings. The lowest BCUT2D eigenvalue weighted by atomic mass is 9.75. The fourth-order valence-corrected chi connectivity index (χ4v) is 2.31. The van der Waals surface area contributed by atoms with E-state index in [0.29, 0.717) is 18.1 Å². The molecule has 0 aliphatic heterocycles. The van der Waals surface area contributed by atoms with E-state index in [1.54, 1.807) is 6.07 Å². The number of hydrogen-bond donors (Lipinski definition) is 0. The van der Waals surface area contributed by atoms with E-state index in [9.17, 15) is 14.9 Å². The Balaban J connectivity index is 1.91. The fraction of sp³-hybridized carbons (Fsp3) is 0.500. The molecule has 1 saturated carbocycles. The SMILES string of the molecule is COC(=O)C1CC(COc2cc(OC)cc([N+](=O)[O-])c2)C1. The van der Waals surface area contributed by atoms with Gasteiger partial charge in [0.2, 0.25) is 0 Å². The van der Waals surface area contributed by atoms with E-state index in [-0.39, 0.29) is 23.5 Å². The van der Waals surface area contributed by atoms with Crippen LogP contribution in [0, 0.1) is 22.0 Å². The molecule has 0 amide bonds. The second kappa shape index (κ2) is 6.43. The highest BCUT2D eigenvalue weighted by Crippen LogP contribution is 2.35. The summed E-state index contributed by atoms with van der Waals surface area (Å²) in [5, 5.41) is 10.8. The Morgan fingerprint density at radius 3 is 2.52 bits per heavy atom. The Morgan fingerprint density at radius 2 is 1.95 bits per heavy atom. The van der Waals surface area contributed by atoms with Crippen LogP contribution in [0.2, 0.25) is 0 Å². The number of non-ortho nitro benzene ring substituents is 1. The lowest BCUT2D eigenvalue weighted by Gasteiger charge is -2.32. The Hall–Kier alpha value is -2.31. The number of nitro groups is 1. The summed E-state index contributed by atoms with van der Waals surface area (Å²) < 4.78 is 15.2. The minimum absolute atomic E-state index is 0.0526. The van der Waals surface area contributed by atoms with Gasteiger partial charge in [0.1, 0.15) is 11.5 Å². The van der Waals surface area contributed by atoms with Gasteiger partial charge in [0.25, 0.3) is 5.69 Å². The molecule has 2 rings (SSSR count). The molecule has 0 atom stereocenters. The summed E-state index contributed by atoms with van der Waals surface area (Å²) in [6.45, 7) is 0.415. The minimum atomic E-state index is -0.494. The van der Waals surface area contributed by atoms with Crippen molar-refractivity contribution in [3.8, 4) is 11.5 Å². The van der Waals surface area contributed by atoms with Crippen LogP contribution in [-0.2, 0) is 9.53 Å². The Morgan fingerprint density at radius 1 is 1.29 bits per heavy atom. The van der Waals surface area contributed by atoms with Crippen molar-refractivity contribution < 1.29 is 23.9 Å². The molecule has 0 aromatic heterocycles. The first-order valence-corrected chi connectivity index (χ1v) is 6.57. The smallest absolute Gasteiger partial charge is 0.308 e. The van der Waals surface area contributed by atoms with Crippen LogP contribution in [0.1, 0.15) is 12.8 Å². The van der Waals surface area contributed by atoms with E-state index in [1.165, 1.54) is 26.4 Å². The standard InChI is InChI=1S/C14H17NO6/c1-19-12-5-11(15(17)18)6-13(7-12)21-8-9-3-10(4-9)14(16)20-2/h5-7,9-10H,3-4,8H2,1-2H3. The second-order valence-electron chi connectivity index (χ2n) is 4.99. The molecular weight excluding hydrogens is 278 g/mol. The van der Waals surface area contributed by atoms with Crippen LogP contribution in [0.25, 0.3) is 0 Å². The monoisotopic (exact) mass is 295 g/mol. The number of esters is 1. The van der Waals surface area contributed by atoms with Gasteiger partial charge in [0.05, 0.1) is 43.8 Å². The summed E-state index contributed by atoms with van der Waals surface area (Å²) >= 11 is 0. The van der Waals surface area contributed by atoms with Crippen molar-refractivity contribution in [1.29, 1.82) is 0 Å². The molecule has 1 aromatic carbocycles. The molecule has 7 nitrogen and oxygen atoms in total. The van der Waals surface area contributed by atoms with Gasteiger partial charge in [0.15, 0.2) is 0 Å². The van der Waals surface area contributed by atoms with Crippen molar-refractivity contribution in [2.75, 3.05) is 20.8 Å². The molecule has 1 fully saturated rings. The number of methoxy groups -OCH3 is 2. The van der Waals surface area contributed by atoms with Crippen molar-refractivity contribution >= 4 is 11.7 Å². The average Bonchev–Trinajstić information content (AvgIpc) is 2.44. The first kappa shape index (κ1) is 15.1. The summed E-state index contributed by atoms with van der Waals surface area (Å²) in [7, 11) is 2.82. The van der Waals surface area contributed by atoms with Crippen molar-refractivity contribution in [3.63, 3.8) is 0 Å². The van der Waals surface area contributed by atoms with Crippen LogP contribution < -0.4 is 9.47 Å². The summed E-state index contributed by atoms with van der Waals surface area (Å²) in [5.41, 5.74) is -0.0783. The second-order valence-corrected chi connectivity index (χ2v) is 4.99. The van der Waals surface area contributed by atoms with Gasteiger partial charge >= 0.3 is 5.97 Å². The summed E-state index contributed by atoms with van der Waals surface area (Å²) in [5.74, 6) is 0.786. The van der Waals surface area contributed by atoms with E-state index in [2.05, 4.69) is 4.74 Å². The number of ether oxygens (including phenoxy) is 3. The number of hydrogen-bond acceptors (Lipinski definition) is 6. The molecular formula is C14H17NO6. The highest BCUT2D eigenvalue weighted by molar-refractivity contribution is 5.73. The molecule has 1 aliphatic carbocycles. The summed E-state index contributed by atoms with van der Waals surface area (Å²) in [6.07, 6.45) is 1.44. The highest BCUT2D eigenvalue weighted by Gasteiger charge is 2.35. The maximum atomic E-state index is 11.3. The number of carbonyl (C=O) groups excluding carboxylic acids is 1. The maximum absolute atomic E-state index is 11.3. The number of carbonyl (C=O) groups is 1. The molecule has 0 saturated heterocycles. The molecule has 7 heteroatoms. The normalized spacial score (nSPS) is 20.3. The molecule has 0 bridgehead atoms. The zero-order valence-corrected chi connectivity index (χ0v) is 11.9. The minimum Gasteiger partial charge on any atom is -0.496 e. The third-order valence-electron chi connectivity index (χ3n) is 3.57. The van der Waals surface area contributed by atoms with E-state index in [4.69, 9.17) is 9.47 Å². The molecule has 0 N–H and O–H groups in total. The van der Waals surface area contributed by atoms with Gasteiger partial charge < -0.3 is 14.2 Å². The lowest BCUT2D eigenvalue weighted by Crippen LogP contribution is -2.34. The number of nitrogens with zero attached hydrogens (tertiary/aromatic N) is 1. The van der Waals surface area contributed by atoms with Crippen LogP contribution in [0.15, 0.2) is 18.2 Å². The Labute approximate surface area is 122 Å². The van der Waals surface area contributed by atoms with Gasteiger partial charge in [0, 0.05) is 6.07 Å². The largest absolute Gasteiger partial charge is 0.496 e. The van der Waals surface area contributed by atoms with Gasteiger partial charge in [-0.1, -0.05) is 0 Å². The van der Waals surface area contributed by atoms with Gasteiger partial charge in [-0.15, -0.1) is 0 Å². The van der Waals surface area contributed by atoms with E-state index in [1.807, 2.05) is 0 Å². The molecule has 0 radical (unpaired) electrons. The van der Waals surface area contributed by atoms with Crippen molar-refractivity contribution in [3.05, 3.63) is 28.3 Å². The fourth-order valence-electron chi connectivity index (χ4n) is 2.31. The van der Waals surface area contributed by atoms with Gasteiger partial charge in [-0.25, -0.2) is 0 Å². The zero-order chi connectivity index (χ0) is 15.4. The topological polar surface area (TPSA) is 87.9 Å². The van der Waals surface area contributed by atoms with Crippen molar-refractivity contribution in [2.45, 2.75) is 12.8 Å². The summed E-state index contributed by atoms with van der Waals surface area (Å²) in [6, 6.07) is 4.30. The van der Waals surface area contributed by atoms with E-state index < -0.39 is 4.92 Å². The molecule has 1 aromatic rings. The van der Waals surface area contributed by atoms with Crippen molar-refractivity contribution in [2.24, 2.45) is 11.8 Å². The van der Waals surface area contributed by atoms with Gasteiger partial charge in [-0.2, -0.15) is 0 Å². The van der Waals surface area contributed by atoms with E-state index in [0.717, 1.165) is 12.8 Å². The molecule has 0 unspecified atom stereocenters. The Bertz CT molecular complexity index is 538. The lowest BCUT2D eigenvalue weighted by molar-refractivity contribution is -0.385. The number of rotatable bonds is 6. The van der Waals surface area contributed by atoms with Crippen molar-refractivity contribution in [1.82, 2.24) is 0 Å². The molecule has 21 heavy (non-hydrogen) atoms. The predicted octanol–water partition coefficient (Wildman–Crippen LogP) is 2.18. The number of nitro benzene ring substituents is 1. The molecule has 0 heterocycles. The van der Waals surface area contributed by atoms with Gasteiger partial charge in [-0.3, -0.25) is 14.9 Å². The van der Waals surface area contributed by atoms with Crippen LogP contribution in [0.4, 0.5) is 5.69 Å². The zero-order valence-electron chi connectivity index (χ0n) is 11.9. The third-order valence-corrected chi connectivity index (χ3v) is 3.57. The van der Waals surface area contributed by atoms with Crippen LogP contribution in [0.3, 0.4) is 0 Å². The van der Waals surface area contributed by atoms with Crippen LogP contribution in [0.5, 0.6) is 11.5 Å². The first-order valence-electron chi connectivity index (χ1n) is 6.57. The Kier molecular flexibility index (Phi) is 4.62. The average molecular weight is 295 g/mol. The molecule has 114 valence electrons. The predicted molar refractivity (Wildman–Crippen MR) is 73.4 cm³/mol. The van der Waals surface area contributed by atoms with Gasteiger partial charge in [-0.05, 0) is 18.8 Å². The first-order chi connectivity index (χ1) is 10.0. The van der Waals surface area contributed by atoms with E-state index >= 15 is 0 Å². The summed E-state index contributed by atoms with van der Waals surface area (Å²) in [4.78, 5) is 21.6. The number of benzene rings is 1. The maximum Gasteiger partial charge on any atom is 0.308 e. The van der Waals surface area contributed by atoms with Crippen LogP contribution in [-0.4, -0.2) is 31.7 Å².